The Hall–Kier alpha value is -2.26. The van der Waals surface area contributed by atoms with Crippen LogP contribution in [0.5, 0.6) is 11.5 Å². The lowest BCUT2D eigenvalue weighted by Crippen LogP contribution is -2.12. The van der Waals surface area contributed by atoms with E-state index in [9.17, 15) is 8.42 Å². The molecule has 158 valence electrons. The van der Waals surface area contributed by atoms with Crippen molar-refractivity contribution >= 4 is 43.2 Å². The lowest BCUT2D eigenvalue weighted by Gasteiger charge is -2.15. The fourth-order valence-electron chi connectivity index (χ4n) is 2.72. The largest absolute Gasteiger partial charge is 0.493 e. The summed E-state index contributed by atoms with van der Waals surface area (Å²) in [5.41, 5.74) is 2.57. The van der Waals surface area contributed by atoms with Gasteiger partial charge in [0.25, 0.3) is 0 Å². The molecular weight excluding hydrogens is 492 g/mol. The van der Waals surface area contributed by atoms with E-state index < -0.39 is 10.0 Å². The second-order valence-electron chi connectivity index (χ2n) is 6.40. The standard InChI is InChI=1S/C21H20BrClN2O4S/c1-28-20-10-15(12-25-16-6-8-17(9-7-16)30(24,26)27)18(22)11-21(20)29-13-14-4-2-3-5-19(14)23/h2-11,25H,12-13H2,1H3,(H2,24,26,27). The quantitative estimate of drug-likeness (QED) is 0.447. The molecule has 0 aliphatic heterocycles. The van der Waals surface area contributed by atoms with Crippen molar-refractivity contribution in [2.75, 3.05) is 12.4 Å². The van der Waals surface area contributed by atoms with Crippen LogP contribution >= 0.6 is 27.5 Å². The van der Waals surface area contributed by atoms with Crippen molar-refractivity contribution in [1.29, 1.82) is 0 Å². The second-order valence-corrected chi connectivity index (χ2v) is 9.22. The van der Waals surface area contributed by atoms with Gasteiger partial charge in [0.1, 0.15) is 6.61 Å². The Labute approximate surface area is 189 Å². The minimum Gasteiger partial charge on any atom is -0.493 e. The van der Waals surface area contributed by atoms with Gasteiger partial charge in [-0.25, -0.2) is 13.6 Å². The monoisotopic (exact) mass is 510 g/mol. The first-order valence-electron chi connectivity index (χ1n) is 8.87. The number of rotatable bonds is 8. The van der Waals surface area contributed by atoms with E-state index in [-0.39, 0.29) is 4.90 Å². The first-order chi connectivity index (χ1) is 14.3. The molecule has 0 aliphatic rings. The van der Waals surface area contributed by atoms with E-state index in [0.29, 0.717) is 29.7 Å². The molecule has 3 rings (SSSR count). The third kappa shape index (κ3) is 5.66. The summed E-state index contributed by atoms with van der Waals surface area (Å²) >= 11 is 9.75. The zero-order valence-corrected chi connectivity index (χ0v) is 19.2. The Morgan fingerprint density at radius 3 is 2.37 bits per heavy atom. The van der Waals surface area contributed by atoms with Crippen LogP contribution in [0.25, 0.3) is 0 Å². The lowest BCUT2D eigenvalue weighted by atomic mass is 10.2. The number of nitrogens with two attached hydrogens (primary N) is 1. The summed E-state index contributed by atoms with van der Waals surface area (Å²) in [5.74, 6) is 1.18. The molecule has 0 amide bonds. The molecule has 6 nitrogen and oxygen atoms in total. The van der Waals surface area contributed by atoms with Crippen LogP contribution in [0.1, 0.15) is 11.1 Å². The van der Waals surface area contributed by atoms with Crippen molar-refractivity contribution in [2.45, 2.75) is 18.0 Å². The first kappa shape index (κ1) is 22.4. The summed E-state index contributed by atoms with van der Waals surface area (Å²) in [4.78, 5) is 0.0657. The molecule has 0 fully saturated rings. The fourth-order valence-corrected chi connectivity index (χ4v) is 3.88. The van der Waals surface area contributed by atoms with Crippen molar-refractivity contribution < 1.29 is 17.9 Å². The van der Waals surface area contributed by atoms with Crippen LogP contribution in [-0.4, -0.2) is 15.5 Å². The van der Waals surface area contributed by atoms with Gasteiger partial charge in [-0.15, -0.1) is 0 Å². The first-order valence-corrected chi connectivity index (χ1v) is 11.6. The van der Waals surface area contributed by atoms with E-state index in [1.807, 2.05) is 36.4 Å². The maximum atomic E-state index is 11.4. The highest BCUT2D eigenvalue weighted by Gasteiger charge is 2.12. The summed E-state index contributed by atoms with van der Waals surface area (Å²) in [6, 6.07) is 17.4. The maximum absolute atomic E-state index is 11.4. The number of hydrogen-bond donors (Lipinski definition) is 2. The molecule has 0 atom stereocenters. The number of nitrogens with one attached hydrogen (secondary N) is 1. The number of hydrogen-bond acceptors (Lipinski definition) is 5. The molecule has 0 aromatic heterocycles. The number of benzene rings is 3. The van der Waals surface area contributed by atoms with Gasteiger partial charge in [-0.1, -0.05) is 45.7 Å². The highest BCUT2D eigenvalue weighted by Crippen LogP contribution is 2.35. The van der Waals surface area contributed by atoms with Crippen molar-refractivity contribution in [2.24, 2.45) is 5.14 Å². The fraction of sp³-hybridized carbons (Fsp3) is 0.143. The number of anilines is 1. The van der Waals surface area contributed by atoms with E-state index >= 15 is 0 Å². The summed E-state index contributed by atoms with van der Waals surface area (Å²) < 4.78 is 34.9. The minimum atomic E-state index is -3.71. The molecule has 3 aromatic rings. The Balaban J connectivity index is 1.71. The van der Waals surface area contributed by atoms with Gasteiger partial charge in [-0.2, -0.15) is 0 Å². The van der Waals surface area contributed by atoms with Gasteiger partial charge in [0, 0.05) is 27.3 Å². The molecule has 0 heterocycles. The van der Waals surface area contributed by atoms with E-state index in [2.05, 4.69) is 21.2 Å². The predicted molar refractivity (Wildman–Crippen MR) is 122 cm³/mol. The molecule has 0 bridgehead atoms. The van der Waals surface area contributed by atoms with Crippen LogP contribution in [0.3, 0.4) is 0 Å². The highest BCUT2D eigenvalue weighted by molar-refractivity contribution is 9.10. The van der Waals surface area contributed by atoms with Gasteiger partial charge < -0.3 is 14.8 Å². The van der Waals surface area contributed by atoms with Crippen molar-refractivity contribution in [3.05, 3.63) is 81.3 Å². The van der Waals surface area contributed by atoms with Crippen molar-refractivity contribution in [3.8, 4) is 11.5 Å². The topological polar surface area (TPSA) is 90.6 Å². The third-order valence-electron chi connectivity index (χ3n) is 4.34. The second kappa shape index (κ2) is 9.70. The number of halogens is 2. The van der Waals surface area contributed by atoms with E-state index in [1.165, 1.54) is 12.1 Å². The highest BCUT2D eigenvalue weighted by atomic mass is 79.9. The third-order valence-corrected chi connectivity index (χ3v) is 6.38. The lowest BCUT2D eigenvalue weighted by molar-refractivity contribution is 0.284. The molecule has 0 aliphatic carbocycles. The van der Waals surface area contributed by atoms with Crippen molar-refractivity contribution in [1.82, 2.24) is 0 Å². The molecule has 0 radical (unpaired) electrons. The van der Waals surface area contributed by atoms with Crippen LogP contribution in [0, 0.1) is 0 Å². The normalized spacial score (nSPS) is 11.2. The number of sulfonamides is 1. The van der Waals surface area contributed by atoms with Crippen LogP contribution in [-0.2, 0) is 23.2 Å². The number of primary sulfonamides is 1. The SMILES string of the molecule is COc1cc(CNc2ccc(S(N)(=O)=O)cc2)c(Br)cc1OCc1ccccc1Cl. The van der Waals surface area contributed by atoms with Crippen LogP contribution < -0.4 is 19.9 Å². The maximum Gasteiger partial charge on any atom is 0.238 e. The Kier molecular flexibility index (Phi) is 7.25. The van der Waals surface area contributed by atoms with Crippen molar-refractivity contribution in [3.63, 3.8) is 0 Å². The molecule has 9 heteroatoms. The molecule has 0 saturated carbocycles. The van der Waals surface area contributed by atoms with Gasteiger partial charge >= 0.3 is 0 Å². The van der Waals surface area contributed by atoms with E-state index in [1.54, 1.807) is 19.2 Å². The van der Waals surface area contributed by atoms with E-state index in [4.69, 9.17) is 26.2 Å². The summed E-state index contributed by atoms with van der Waals surface area (Å²) in [5, 5.41) is 9.00. The average molecular weight is 512 g/mol. The summed E-state index contributed by atoms with van der Waals surface area (Å²) in [6.07, 6.45) is 0. The number of methoxy groups -OCH3 is 1. The van der Waals surface area contributed by atoms with Crippen LogP contribution in [0.2, 0.25) is 5.02 Å². The summed E-state index contributed by atoms with van der Waals surface area (Å²) in [7, 11) is -2.13. The Morgan fingerprint density at radius 2 is 1.73 bits per heavy atom. The Morgan fingerprint density at radius 1 is 1.03 bits per heavy atom. The van der Waals surface area contributed by atoms with Gasteiger partial charge in [-0.3, -0.25) is 0 Å². The summed E-state index contributed by atoms with van der Waals surface area (Å²) in [6.45, 7) is 0.799. The average Bonchev–Trinajstić information content (AvgIpc) is 2.72. The zero-order chi connectivity index (χ0) is 21.7. The zero-order valence-electron chi connectivity index (χ0n) is 16.1. The van der Waals surface area contributed by atoms with Gasteiger partial charge in [0.15, 0.2) is 11.5 Å². The number of ether oxygens (including phenoxy) is 2. The van der Waals surface area contributed by atoms with Gasteiger partial charge in [0.05, 0.1) is 12.0 Å². The van der Waals surface area contributed by atoms with E-state index in [0.717, 1.165) is 21.3 Å². The van der Waals surface area contributed by atoms with Gasteiger partial charge in [0.2, 0.25) is 10.0 Å². The molecule has 0 spiro atoms. The molecule has 3 aromatic carbocycles. The molecule has 0 saturated heterocycles. The van der Waals surface area contributed by atoms with Crippen LogP contribution in [0.15, 0.2) is 70.0 Å². The Bertz CT molecular complexity index is 1140. The smallest absolute Gasteiger partial charge is 0.238 e. The molecule has 3 N–H and O–H groups in total. The molecular formula is C21H20BrClN2O4S. The molecule has 0 unspecified atom stereocenters. The molecule has 30 heavy (non-hydrogen) atoms. The van der Waals surface area contributed by atoms with Crippen LogP contribution in [0.4, 0.5) is 5.69 Å². The minimum absolute atomic E-state index is 0.0657. The predicted octanol–water partition coefficient (Wildman–Crippen LogP) is 4.95. The van der Waals surface area contributed by atoms with Gasteiger partial charge in [-0.05, 0) is 48.0 Å².